The van der Waals surface area contributed by atoms with Crippen LogP contribution in [0.15, 0.2) is 35.3 Å². The summed E-state index contributed by atoms with van der Waals surface area (Å²) in [6, 6.07) is 8.29. The third-order valence-corrected chi connectivity index (χ3v) is 4.77. The molecular formula is C20H24N6O. The van der Waals surface area contributed by atoms with E-state index in [1.54, 1.807) is 10.9 Å². The Morgan fingerprint density at radius 3 is 2.70 bits per heavy atom. The molecule has 0 saturated carbocycles. The lowest BCUT2D eigenvalue weighted by Crippen LogP contribution is -2.24. The molecule has 0 saturated heterocycles. The van der Waals surface area contributed by atoms with Crippen molar-refractivity contribution in [2.24, 2.45) is 0 Å². The summed E-state index contributed by atoms with van der Waals surface area (Å²) in [5.41, 5.74) is 3.76. The fraction of sp³-hybridized carbons (Fsp3) is 0.350. The van der Waals surface area contributed by atoms with Crippen molar-refractivity contribution in [3.05, 3.63) is 52.1 Å². The van der Waals surface area contributed by atoms with Gasteiger partial charge in [-0.15, -0.1) is 0 Å². The first-order chi connectivity index (χ1) is 12.8. The van der Waals surface area contributed by atoms with Gasteiger partial charge in [0.2, 0.25) is 5.95 Å². The van der Waals surface area contributed by atoms with E-state index in [1.807, 2.05) is 32.9 Å². The summed E-state index contributed by atoms with van der Waals surface area (Å²) in [5, 5.41) is 9.33. The minimum absolute atomic E-state index is 0.179. The highest BCUT2D eigenvalue weighted by atomic mass is 16.1. The largest absolute Gasteiger partial charge is 0.358 e. The second kappa shape index (κ2) is 6.26. The number of fused-ring (bicyclic) bond motifs is 2. The van der Waals surface area contributed by atoms with Crippen LogP contribution in [-0.4, -0.2) is 31.3 Å². The number of para-hydroxylation sites is 1. The quantitative estimate of drug-likeness (QED) is 0.518. The standard InChI is InChI=1S/C20H24N6O/c1-12-13(14-7-5-6-8-16(14)23-12)9-10-21-19-24-17-15(18(27)25-19)11-22-26(17)20(2,3)4/h5-8,11,23H,9-10H2,1-4H3,(H2,21,24,25,27). The highest BCUT2D eigenvalue weighted by Crippen LogP contribution is 2.22. The maximum absolute atomic E-state index is 12.4. The molecule has 0 aliphatic rings. The van der Waals surface area contributed by atoms with E-state index in [9.17, 15) is 4.79 Å². The number of benzene rings is 1. The van der Waals surface area contributed by atoms with Gasteiger partial charge in [0, 0.05) is 23.1 Å². The minimum Gasteiger partial charge on any atom is -0.358 e. The summed E-state index contributed by atoms with van der Waals surface area (Å²) < 4.78 is 1.78. The van der Waals surface area contributed by atoms with Gasteiger partial charge in [-0.3, -0.25) is 9.78 Å². The Balaban J connectivity index is 1.59. The lowest BCUT2D eigenvalue weighted by Gasteiger charge is -2.19. The minimum atomic E-state index is -0.249. The molecule has 0 bridgehead atoms. The Morgan fingerprint density at radius 2 is 1.93 bits per heavy atom. The van der Waals surface area contributed by atoms with Crippen LogP contribution in [0.4, 0.5) is 5.95 Å². The van der Waals surface area contributed by atoms with E-state index in [4.69, 9.17) is 0 Å². The van der Waals surface area contributed by atoms with Crippen LogP contribution in [0, 0.1) is 6.92 Å². The lowest BCUT2D eigenvalue weighted by atomic mass is 10.1. The zero-order valence-corrected chi connectivity index (χ0v) is 16.1. The van der Waals surface area contributed by atoms with Crippen molar-refractivity contribution in [1.29, 1.82) is 0 Å². The third kappa shape index (κ3) is 3.09. The number of H-pyrrole nitrogens is 2. The normalized spacial score (nSPS) is 12.1. The van der Waals surface area contributed by atoms with Gasteiger partial charge in [0.05, 0.1) is 11.7 Å². The summed E-state index contributed by atoms with van der Waals surface area (Å²) in [6.45, 7) is 8.86. The van der Waals surface area contributed by atoms with E-state index in [-0.39, 0.29) is 11.1 Å². The topological polar surface area (TPSA) is 91.4 Å². The zero-order chi connectivity index (χ0) is 19.2. The van der Waals surface area contributed by atoms with Gasteiger partial charge < -0.3 is 10.3 Å². The van der Waals surface area contributed by atoms with Crippen LogP contribution >= 0.6 is 0 Å². The van der Waals surface area contributed by atoms with Gasteiger partial charge in [0.25, 0.3) is 5.56 Å². The number of anilines is 1. The van der Waals surface area contributed by atoms with Crippen molar-refractivity contribution in [3.8, 4) is 0 Å². The van der Waals surface area contributed by atoms with Crippen LogP contribution in [0.5, 0.6) is 0 Å². The Kier molecular flexibility index (Phi) is 4.02. The molecule has 0 fully saturated rings. The smallest absolute Gasteiger partial charge is 0.263 e. The van der Waals surface area contributed by atoms with E-state index in [2.05, 4.69) is 44.4 Å². The summed E-state index contributed by atoms with van der Waals surface area (Å²) >= 11 is 0. The average molecular weight is 364 g/mol. The maximum Gasteiger partial charge on any atom is 0.263 e. The van der Waals surface area contributed by atoms with Gasteiger partial charge in [-0.1, -0.05) is 18.2 Å². The first-order valence-electron chi connectivity index (χ1n) is 9.13. The Bertz CT molecular complexity index is 1170. The van der Waals surface area contributed by atoms with E-state index in [0.29, 0.717) is 23.5 Å². The zero-order valence-electron chi connectivity index (χ0n) is 16.1. The number of aromatic nitrogens is 5. The first kappa shape index (κ1) is 17.3. The highest BCUT2D eigenvalue weighted by molar-refractivity contribution is 5.84. The van der Waals surface area contributed by atoms with E-state index in [0.717, 1.165) is 11.9 Å². The summed E-state index contributed by atoms with van der Waals surface area (Å²) in [4.78, 5) is 23.2. The monoisotopic (exact) mass is 364 g/mol. The van der Waals surface area contributed by atoms with Gasteiger partial charge >= 0.3 is 0 Å². The van der Waals surface area contributed by atoms with Crippen LogP contribution in [0.2, 0.25) is 0 Å². The molecule has 0 spiro atoms. The van der Waals surface area contributed by atoms with Crippen LogP contribution in [0.1, 0.15) is 32.0 Å². The molecule has 140 valence electrons. The van der Waals surface area contributed by atoms with Gasteiger partial charge in [0.15, 0.2) is 5.65 Å². The second-order valence-corrected chi connectivity index (χ2v) is 7.83. The van der Waals surface area contributed by atoms with Crippen LogP contribution in [0.3, 0.4) is 0 Å². The lowest BCUT2D eigenvalue weighted by molar-refractivity contribution is 0.366. The number of aryl methyl sites for hydroxylation is 1. The Morgan fingerprint density at radius 1 is 1.15 bits per heavy atom. The number of aromatic amines is 2. The average Bonchev–Trinajstić information content (AvgIpc) is 3.16. The molecule has 3 heterocycles. The van der Waals surface area contributed by atoms with E-state index >= 15 is 0 Å². The number of rotatable bonds is 4. The van der Waals surface area contributed by atoms with Crippen molar-refractivity contribution in [3.63, 3.8) is 0 Å². The predicted molar refractivity (Wildman–Crippen MR) is 108 cm³/mol. The number of nitrogens with zero attached hydrogens (tertiary/aromatic N) is 3. The summed E-state index contributed by atoms with van der Waals surface area (Å²) in [7, 11) is 0. The van der Waals surface area contributed by atoms with Crippen molar-refractivity contribution >= 4 is 27.9 Å². The second-order valence-electron chi connectivity index (χ2n) is 7.83. The van der Waals surface area contributed by atoms with Crippen LogP contribution in [-0.2, 0) is 12.0 Å². The molecule has 27 heavy (non-hydrogen) atoms. The predicted octanol–water partition coefficient (Wildman–Crippen LogP) is 3.32. The molecular weight excluding hydrogens is 340 g/mol. The molecule has 4 aromatic rings. The number of nitrogens with one attached hydrogen (secondary N) is 3. The molecule has 7 heteroatoms. The van der Waals surface area contributed by atoms with E-state index < -0.39 is 0 Å². The Hall–Kier alpha value is -3.09. The molecule has 3 aromatic heterocycles. The summed E-state index contributed by atoms with van der Waals surface area (Å²) in [6.07, 6.45) is 2.40. The third-order valence-electron chi connectivity index (χ3n) is 4.77. The van der Waals surface area contributed by atoms with Gasteiger partial charge in [-0.2, -0.15) is 10.1 Å². The fourth-order valence-corrected chi connectivity index (χ4v) is 3.46. The number of hydrogen-bond acceptors (Lipinski definition) is 4. The van der Waals surface area contributed by atoms with Crippen molar-refractivity contribution in [2.45, 2.75) is 39.7 Å². The fourth-order valence-electron chi connectivity index (χ4n) is 3.46. The molecule has 0 atom stereocenters. The molecule has 0 aliphatic carbocycles. The van der Waals surface area contributed by atoms with Crippen LogP contribution < -0.4 is 10.9 Å². The van der Waals surface area contributed by atoms with E-state index in [1.165, 1.54) is 16.6 Å². The molecule has 3 N–H and O–H groups in total. The van der Waals surface area contributed by atoms with Gasteiger partial charge in [-0.25, -0.2) is 4.68 Å². The molecule has 0 radical (unpaired) electrons. The molecule has 1 aromatic carbocycles. The molecule has 0 amide bonds. The van der Waals surface area contributed by atoms with Crippen molar-refractivity contribution in [2.75, 3.05) is 11.9 Å². The van der Waals surface area contributed by atoms with Crippen molar-refractivity contribution in [1.82, 2.24) is 24.7 Å². The Labute approximate surface area is 156 Å². The molecule has 4 rings (SSSR count). The number of hydrogen-bond donors (Lipinski definition) is 3. The maximum atomic E-state index is 12.4. The molecule has 0 aliphatic heterocycles. The SMILES string of the molecule is Cc1[nH]c2ccccc2c1CCNc1nc2c(cnn2C(C)(C)C)c(=O)[nH]1. The van der Waals surface area contributed by atoms with Gasteiger partial charge in [-0.05, 0) is 45.7 Å². The van der Waals surface area contributed by atoms with Gasteiger partial charge in [0.1, 0.15) is 5.39 Å². The van der Waals surface area contributed by atoms with Crippen molar-refractivity contribution < 1.29 is 0 Å². The highest BCUT2D eigenvalue weighted by Gasteiger charge is 2.19. The molecule has 7 nitrogen and oxygen atoms in total. The first-order valence-corrected chi connectivity index (χ1v) is 9.13. The summed E-state index contributed by atoms with van der Waals surface area (Å²) in [5.74, 6) is 0.469. The molecule has 0 unspecified atom stereocenters. The van der Waals surface area contributed by atoms with Crippen LogP contribution in [0.25, 0.3) is 21.9 Å².